The summed E-state index contributed by atoms with van der Waals surface area (Å²) in [7, 11) is 0. The number of nitrogens with zero attached hydrogens (tertiary/aromatic N) is 9. The number of aryl methyl sites for hydroxylation is 2. The van der Waals surface area contributed by atoms with E-state index in [0.717, 1.165) is 84.3 Å². The minimum atomic E-state index is -0.343. The first-order valence-corrected chi connectivity index (χ1v) is 21.4. The van der Waals surface area contributed by atoms with E-state index >= 15 is 0 Å². The van der Waals surface area contributed by atoms with Crippen molar-refractivity contribution in [1.29, 1.82) is 5.26 Å². The Morgan fingerprint density at radius 1 is 0.967 bits per heavy atom. The molecule has 2 aromatic carbocycles. The number of nitrogens with one attached hydrogen (secondary N) is 1. The zero-order valence-electron chi connectivity index (χ0n) is 33.5. The van der Waals surface area contributed by atoms with Gasteiger partial charge in [-0.3, -0.25) is 14.4 Å². The first-order chi connectivity index (χ1) is 29.2. The lowest BCUT2D eigenvalue weighted by molar-refractivity contribution is 0.0888. The zero-order chi connectivity index (χ0) is 41.3. The fourth-order valence-corrected chi connectivity index (χ4v) is 9.65. The number of thiophene rings is 1. The largest absolute Gasteiger partial charge is 0.490 e. The van der Waals surface area contributed by atoms with Crippen LogP contribution in [0.4, 0.5) is 5.82 Å². The molecular formula is C44H43ClN10O4S. The lowest BCUT2D eigenvalue weighted by Crippen LogP contribution is -2.42. The number of nitriles is 1. The van der Waals surface area contributed by atoms with E-state index in [4.69, 9.17) is 35.7 Å². The number of aliphatic imine (C=N–C) groups is 1. The third kappa shape index (κ3) is 8.09. The van der Waals surface area contributed by atoms with Gasteiger partial charge in [0.15, 0.2) is 23.2 Å². The van der Waals surface area contributed by atoms with Crippen LogP contribution in [0.2, 0.25) is 5.02 Å². The second-order valence-corrected chi connectivity index (χ2v) is 17.1. The van der Waals surface area contributed by atoms with Crippen LogP contribution in [0.25, 0.3) is 5.00 Å². The van der Waals surface area contributed by atoms with Crippen molar-refractivity contribution in [1.82, 2.24) is 35.3 Å². The highest BCUT2D eigenvalue weighted by Crippen LogP contribution is 2.40. The van der Waals surface area contributed by atoms with Crippen molar-refractivity contribution in [2.24, 2.45) is 4.99 Å². The molecule has 1 amide bonds. The van der Waals surface area contributed by atoms with Gasteiger partial charge in [-0.2, -0.15) is 5.26 Å². The molecule has 306 valence electrons. The highest BCUT2D eigenvalue weighted by Gasteiger charge is 2.33. The van der Waals surface area contributed by atoms with E-state index in [2.05, 4.69) is 72.2 Å². The summed E-state index contributed by atoms with van der Waals surface area (Å²) in [4.78, 5) is 26.2. The maximum absolute atomic E-state index is 13.1. The number of hydrogen-bond acceptors (Lipinski definition) is 13. The number of anilines is 1. The van der Waals surface area contributed by atoms with Crippen LogP contribution >= 0.6 is 22.9 Å². The molecule has 0 radical (unpaired) electrons. The standard InChI is InChI=1S/C44H43ClN10O4S/c1-25-26(2)60-44-40(25)41(49-37(22-39-47-18-20-57-39)42-53-50-27(3)55(42)44)28-6-11-31(12-7-28)59-34-5-4-19-54(24-34)38-17-16-36(51-52-38)43(56)48-30-9-14-32(15-10-30)58-33-13-8-29(23-46)35(45)21-33/h6-8,11-13,16-18,20-21,30,32,34,37H,4-5,9-10,14-15,19,22,24H2,1-3H3,(H,48,56)/t30-,32-,34-,37-/m0/s1. The number of ether oxygens (including phenoxy) is 2. The predicted molar refractivity (Wildman–Crippen MR) is 227 cm³/mol. The first-order valence-electron chi connectivity index (χ1n) is 20.2. The molecule has 0 spiro atoms. The van der Waals surface area contributed by atoms with E-state index < -0.39 is 0 Å². The zero-order valence-corrected chi connectivity index (χ0v) is 35.0. The Labute approximate surface area is 356 Å². The maximum atomic E-state index is 13.1. The normalized spacial score (nSPS) is 20.0. The number of halogens is 1. The van der Waals surface area contributed by atoms with Gasteiger partial charge in [0.2, 0.25) is 0 Å². The van der Waals surface area contributed by atoms with E-state index in [1.807, 2.05) is 25.1 Å². The average Bonchev–Trinajstić information content (AvgIpc) is 3.97. The lowest BCUT2D eigenvalue weighted by atomic mass is 9.93. The SMILES string of the molecule is Cc1sc2c(c1C)C(c1ccc(O[C@H]3CCCN(c4ccc(C(=O)N[C@H]5CC[C@H](Oc6ccc(C#N)c(Cl)c6)CC5)nn4)C3)cc1)=N[C@@H](Cc1ncco1)c1nnc(C)n1-2. The Kier molecular flexibility index (Phi) is 11.1. The average molecular weight is 843 g/mol. The molecule has 2 aliphatic heterocycles. The smallest absolute Gasteiger partial charge is 0.272 e. The number of carbonyl (C=O) groups is 1. The molecule has 6 heterocycles. The first kappa shape index (κ1) is 39.4. The molecular weight excluding hydrogens is 800 g/mol. The summed E-state index contributed by atoms with van der Waals surface area (Å²) in [6.07, 6.45) is 8.63. The second-order valence-electron chi connectivity index (χ2n) is 15.5. The summed E-state index contributed by atoms with van der Waals surface area (Å²) in [5.41, 5.74) is 4.84. The molecule has 1 saturated carbocycles. The van der Waals surface area contributed by atoms with Crippen LogP contribution in [-0.2, 0) is 6.42 Å². The van der Waals surface area contributed by atoms with E-state index in [1.54, 1.807) is 48.1 Å². The number of aromatic nitrogens is 6. The molecule has 1 N–H and O–H groups in total. The highest BCUT2D eigenvalue weighted by molar-refractivity contribution is 7.15. The molecule has 0 unspecified atom stereocenters. The second kappa shape index (κ2) is 16.9. The summed E-state index contributed by atoms with van der Waals surface area (Å²) in [5, 5.41) is 31.5. The number of carbonyl (C=O) groups excluding carboxylic acids is 1. The number of piperidine rings is 1. The Balaban J connectivity index is 0.821. The molecule has 1 saturated heterocycles. The van der Waals surface area contributed by atoms with Crippen molar-refractivity contribution in [3.8, 4) is 22.6 Å². The molecule has 14 nitrogen and oxygen atoms in total. The summed E-state index contributed by atoms with van der Waals surface area (Å²) >= 11 is 7.90. The summed E-state index contributed by atoms with van der Waals surface area (Å²) in [6.45, 7) is 7.73. The Morgan fingerprint density at radius 2 is 1.77 bits per heavy atom. The van der Waals surface area contributed by atoms with Gasteiger partial charge in [-0.15, -0.1) is 31.7 Å². The fraction of sp³-hybridized carbons (Fsp3) is 0.364. The monoisotopic (exact) mass is 842 g/mol. The summed E-state index contributed by atoms with van der Waals surface area (Å²) in [5.74, 6) is 4.06. The van der Waals surface area contributed by atoms with Crippen molar-refractivity contribution >= 4 is 40.4 Å². The number of oxazole rings is 1. The molecule has 60 heavy (non-hydrogen) atoms. The van der Waals surface area contributed by atoms with Gasteiger partial charge in [-0.05, 0) is 113 Å². The van der Waals surface area contributed by atoms with Gasteiger partial charge >= 0.3 is 0 Å². The number of fused-ring (bicyclic) bond motifs is 3. The van der Waals surface area contributed by atoms with Crippen molar-refractivity contribution in [2.45, 2.75) is 90.0 Å². The Morgan fingerprint density at radius 3 is 2.50 bits per heavy atom. The van der Waals surface area contributed by atoms with Crippen LogP contribution in [0.1, 0.15) is 99.7 Å². The van der Waals surface area contributed by atoms with Crippen molar-refractivity contribution in [2.75, 3.05) is 18.0 Å². The maximum Gasteiger partial charge on any atom is 0.272 e. The van der Waals surface area contributed by atoms with Crippen LogP contribution in [0.5, 0.6) is 11.5 Å². The highest BCUT2D eigenvalue weighted by atomic mass is 35.5. The summed E-state index contributed by atoms with van der Waals surface area (Å²) < 4.78 is 20.4. The molecule has 16 heteroatoms. The Bertz CT molecular complexity index is 2570. The fourth-order valence-electron chi connectivity index (χ4n) is 8.22. The van der Waals surface area contributed by atoms with E-state index in [-0.39, 0.29) is 35.9 Å². The van der Waals surface area contributed by atoms with Gasteiger partial charge in [0.05, 0.1) is 41.6 Å². The van der Waals surface area contributed by atoms with Crippen LogP contribution in [0.3, 0.4) is 0 Å². The number of rotatable bonds is 10. The lowest BCUT2D eigenvalue weighted by Gasteiger charge is -2.33. The van der Waals surface area contributed by atoms with Gasteiger partial charge in [-0.1, -0.05) is 11.6 Å². The molecule has 3 aliphatic rings. The van der Waals surface area contributed by atoms with Crippen molar-refractivity contribution in [3.63, 3.8) is 0 Å². The van der Waals surface area contributed by atoms with Crippen LogP contribution in [0, 0.1) is 32.1 Å². The van der Waals surface area contributed by atoms with Gasteiger partial charge in [0.25, 0.3) is 5.91 Å². The minimum Gasteiger partial charge on any atom is -0.490 e. The minimum absolute atomic E-state index is 0.0163. The van der Waals surface area contributed by atoms with Gasteiger partial charge in [-0.25, -0.2) is 4.98 Å². The van der Waals surface area contributed by atoms with Gasteiger partial charge < -0.3 is 24.1 Å². The quantitative estimate of drug-likeness (QED) is 0.143. The van der Waals surface area contributed by atoms with Crippen LogP contribution in [0.15, 0.2) is 76.5 Å². The molecule has 2 atom stereocenters. The third-order valence-corrected chi connectivity index (χ3v) is 13.0. The van der Waals surface area contributed by atoms with Gasteiger partial charge in [0.1, 0.15) is 46.8 Å². The molecule has 6 aromatic rings. The Hall–Kier alpha value is -6.11. The van der Waals surface area contributed by atoms with E-state index in [1.165, 1.54) is 10.4 Å². The topological polar surface area (TPSA) is 169 Å². The van der Waals surface area contributed by atoms with Crippen molar-refractivity contribution in [3.05, 3.63) is 122 Å². The molecule has 0 bridgehead atoms. The van der Waals surface area contributed by atoms with E-state index in [0.29, 0.717) is 41.0 Å². The molecule has 2 fully saturated rings. The van der Waals surface area contributed by atoms with Crippen LogP contribution < -0.4 is 19.7 Å². The number of amides is 1. The molecule has 4 aromatic heterocycles. The molecule has 9 rings (SSSR count). The number of hydrogen-bond donors (Lipinski definition) is 1. The third-order valence-electron chi connectivity index (χ3n) is 11.5. The van der Waals surface area contributed by atoms with Crippen LogP contribution in [-0.4, -0.2) is 72.9 Å². The van der Waals surface area contributed by atoms with E-state index in [9.17, 15) is 4.79 Å². The predicted octanol–water partition coefficient (Wildman–Crippen LogP) is 7.86. The number of benzene rings is 2. The molecule has 1 aliphatic carbocycles. The van der Waals surface area contributed by atoms with Crippen molar-refractivity contribution < 1.29 is 18.7 Å². The van der Waals surface area contributed by atoms with Gasteiger partial charge in [0, 0.05) is 34.7 Å². The summed E-state index contributed by atoms with van der Waals surface area (Å²) in [6, 6.07) is 18.6.